The van der Waals surface area contributed by atoms with Crippen LogP contribution < -0.4 is 5.43 Å². The molecule has 1 aliphatic heterocycles. The number of nitrogens with zero attached hydrogens (tertiary/aromatic N) is 2. The molecule has 0 spiro atoms. The van der Waals surface area contributed by atoms with E-state index in [2.05, 4.69) is 15.5 Å². The van der Waals surface area contributed by atoms with E-state index in [1.54, 1.807) is 12.4 Å². The van der Waals surface area contributed by atoms with Crippen LogP contribution in [0.3, 0.4) is 0 Å². The molecule has 0 saturated heterocycles. The second-order valence-electron chi connectivity index (χ2n) is 2.52. The zero-order valence-corrected chi connectivity index (χ0v) is 6.51. The molecule has 0 aromatic heterocycles. The maximum absolute atomic E-state index is 4.21. The van der Waals surface area contributed by atoms with Crippen LogP contribution in [0.5, 0.6) is 0 Å². The summed E-state index contributed by atoms with van der Waals surface area (Å²) in [5.41, 5.74) is 4.04. The fourth-order valence-electron chi connectivity index (χ4n) is 1.10. The van der Waals surface area contributed by atoms with Gasteiger partial charge in [0.05, 0.1) is 6.21 Å². The third kappa shape index (κ3) is 1.34. The van der Waals surface area contributed by atoms with Gasteiger partial charge in [-0.3, -0.25) is 10.4 Å². The minimum atomic E-state index is -0.0174. The molecule has 0 bridgehead atoms. The molecule has 2 rings (SSSR count). The minimum absolute atomic E-state index is 0.0174. The molecular formula is C9H9N3. The summed E-state index contributed by atoms with van der Waals surface area (Å²) in [4.78, 5) is 4.21. The van der Waals surface area contributed by atoms with Crippen molar-refractivity contribution in [2.24, 2.45) is 10.1 Å². The van der Waals surface area contributed by atoms with Crippen LogP contribution in [0.4, 0.5) is 0 Å². The molecule has 1 N–H and O–H groups in total. The highest BCUT2D eigenvalue weighted by Crippen LogP contribution is 2.13. The lowest BCUT2D eigenvalue weighted by molar-refractivity contribution is 0.582. The van der Waals surface area contributed by atoms with Crippen molar-refractivity contribution in [3.63, 3.8) is 0 Å². The van der Waals surface area contributed by atoms with E-state index in [0.717, 1.165) is 5.56 Å². The van der Waals surface area contributed by atoms with Crippen LogP contribution in [0.1, 0.15) is 11.7 Å². The smallest absolute Gasteiger partial charge is 0.159 e. The maximum atomic E-state index is 4.21. The summed E-state index contributed by atoms with van der Waals surface area (Å²) in [7, 11) is 0. The Morgan fingerprint density at radius 3 is 2.58 bits per heavy atom. The first-order valence-corrected chi connectivity index (χ1v) is 3.82. The number of hydrogen-bond acceptors (Lipinski definition) is 3. The van der Waals surface area contributed by atoms with Gasteiger partial charge in [0.15, 0.2) is 6.17 Å². The first kappa shape index (κ1) is 7.03. The topological polar surface area (TPSA) is 36.8 Å². The third-order valence-corrected chi connectivity index (χ3v) is 1.69. The van der Waals surface area contributed by atoms with Crippen LogP contribution in [-0.2, 0) is 0 Å². The average Bonchev–Trinajstić information content (AvgIpc) is 2.21. The van der Waals surface area contributed by atoms with E-state index in [1.165, 1.54) is 0 Å². The molecule has 0 saturated carbocycles. The Balaban J connectivity index is 2.21. The van der Waals surface area contributed by atoms with Crippen molar-refractivity contribution >= 4 is 12.4 Å². The van der Waals surface area contributed by atoms with E-state index in [0.29, 0.717) is 0 Å². The van der Waals surface area contributed by atoms with Crippen LogP contribution >= 0.6 is 0 Å². The van der Waals surface area contributed by atoms with E-state index in [9.17, 15) is 0 Å². The second kappa shape index (κ2) is 3.17. The Kier molecular flexibility index (Phi) is 1.86. The lowest BCUT2D eigenvalue weighted by Gasteiger charge is -2.13. The lowest BCUT2D eigenvalue weighted by Crippen LogP contribution is -2.17. The highest BCUT2D eigenvalue weighted by molar-refractivity contribution is 6.16. The molecule has 1 aromatic rings. The molecule has 1 aromatic carbocycles. The standard InChI is InChI=1S/C9H9N3/c1-2-4-8(5-3-1)9-10-6-7-11-12-9/h1-7,9,12H. The molecular weight excluding hydrogens is 150 g/mol. The van der Waals surface area contributed by atoms with Crippen molar-refractivity contribution in [2.75, 3.05) is 0 Å². The first-order valence-electron chi connectivity index (χ1n) is 3.82. The number of hydrogen-bond donors (Lipinski definition) is 1. The molecule has 3 heteroatoms. The van der Waals surface area contributed by atoms with Gasteiger partial charge in [-0.1, -0.05) is 30.3 Å². The molecule has 1 heterocycles. The van der Waals surface area contributed by atoms with E-state index in [4.69, 9.17) is 0 Å². The second-order valence-corrected chi connectivity index (χ2v) is 2.52. The first-order chi connectivity index (χ1) is 5.97. The molecule has 0 radical (unpaired) electrons. The van der Waals surface area contributed by atoms with Gasteiger partial charge in [0.2, 0.25) is 0 Å². The summed E-state index contributed by atoms with van der Waals surface area (Å²) in [5.74, 6) is 0. The molecule has 60 valence electrons. The predicted octanol–water partition coefficient (Wildman–Crippen LogP) is 1.34. The van der Waals surface area contributed by atoms with Gasteiger partial charge in [0.1, 0.15) is 0 Å². The van der Waals surface area contributed by atoms with E-state index < -0.39 is 0 Å². The Morgan fingerprint density at radius 2 is 1.92 bits per heavy atom. The van der Waals surface area contributed by atoms with Gasteiger partial charge in [-0.2, -0.15) is 5.10 Å². The Labute approximate surface area is 70.8 Å². The zero-order chi connectivity index (χ0) is 8.23. The molecule has 0 aliphatic carbocycles. The Bertz CT molecular complexity index is 303. The van der Waals surface area contributed by atoms with Gasteiger partial charge in [-0.15, -0.1) is 0 Å². The Morgan fingerprint density at radius 1 is 1.08 bits per heavy atom. The number of nitrogens with one attached hydrogen (secondary N) is 1. The van der Waals surface area contributed by atoms with Crippen LogP contribution in [0.25, 0.3) is 0 Å². The molecule has 3 nitrogen and oxygen atoms in total. The maximum Gasteiger partial charge on any atom is 0.159 e. The van der Waals surface area contributed by atoms with Gasteiger partial charge < -0.3 is 0 Å². The summed E-state index contributed by atoms with van der Waals surface area (Å²) in [6.45, 7) is 0. The third-order valence-electron chi connectivity index (χ3n) is 1.69. The Hall–Kier alpha value is -1.64. The molecule has 1 unspecified atom stereocenters. The fraction of sp³-hybridized carbons (Fsp3) is 0.111. The molecule has 0 fully saturated rings. The quantitative estimate of drug-likeness (QED) is 0.659. The molecule has 1 atom stereocenters. The van der Waals surface area contributed by atoms with Gasteiger partial charge >= 0.3 is 0 Å². The van der Waals surface area contributed by atoms with Crippen LogP contribution in [0.2, 0.25) is 0 Å². The summed E-state index contributed by atoms with van der Waals surface area (Å²) in [6, 6.07) is 10.0. The molecule has 0 amide bonds. The summed E-state index contributed by atoms with van der Waals surface area (Å²) >= 11 is 0. The summed E-state index contributed by atoms with van der Waals surface area (Å²) in [5, 5.41) is 3.91. The van der Waals surface area contributed by atoms with Crippen molar-refractivity contribution in [3.05, 3.63) is 35.9 Å². The summed E-state index contributed by atoms with van der Waals surface area (Å²) in [6.07, 6.45) is 3.32. The van der Waals surface area contributed by atoms with Crippen molar-refractivity contribution in [1.82, 2.24) is 5.43 Å². The lowest BCUT2D eigenvalue weighted by atomic mass is 10.2. The summed E-state index contributed by atoms with van der Waals surface area (Å²) < 4.78 is 0. The molecule has 12 heavy (non-hydrogen) atoms. The minimum Gasteiger partial charge on any atom is -0.282 e. The van der Waals surface area contributed by atoms with Gasteiger partial charge in [0.25, 0.3) is 0 Å². The highest BCUT2D eigenvalue weighted by atomic mass is 15.4. The monoisotopic (exact) mass is 159 g/mol. The SMILES string of the molecule is C1=NNC(c2ccccc2)N=C1. The van der Waals surface area contributed by atoms with Crippen molar-refractivity contribution in [3.8, 4) is 0 Å². The predicted molar refractivity (Wildman–Crippen MR) is 49.3 cm³/mol. The van der Waals surface area contributed by atoms with Gasteiger partial charge in [-0.05, 0) is 5.56 Å². The van der Waals surface area contributed by atoms with E-state index in [1.807, 2.05) is 30.3 Å². The van der Waals surface area contributed by atoms with Crippen LogP contribution in [-0.4, -0.2) is 12.4 Å². The van der Waals surface area contributed by atoms with Crippen molar-refractivity contribution in [1.29, 1.82) is 0 Å². The number of aliphatic imine (C=N–C) groups is 1. The van der Waals surface area contributed by atoms with E-state index >= 15 is 0 Å². The van der Waals surface area contributed by atoms with Crippen molar-refractivity contribution < 1.29 is 0 Å². The largest absolute Gasteiger partial charge is 0.282 e. The average molecular weight is 159 g/mol. The van der Waals surface area contributed by atoms with Crippen LogP contribution in [0, 0.1) is 0 Å². The van der Waals surface area contributed by atoms with Gasteiger partial charge in [0, 0.05) is 6.21 Å². The number of rotatable bonds is 1. The van der Waals surface area contributed by atoms with E-state index in [-0.39, 0.29) is 6.17 Å². The fourth-order valence-corrected chi connectivity index (χ4v) is 1.10. The number of benzene rings is 1. The zero-order valence-electron chi connectivity index (χ0n) is 6.51. The normalized spacial score (nSPS) is 20.5. The van der Waals surface area contributed by atoms with Gasteiger partial charge in [-0.25, -0.2) is 0 Å². The van der Waals surface area contributed by atoms with Crippen LogP contribution in [0.15, 0.2) is 40.4 Å². The molecule has 1 aliphatic rings. The number of hydrazone groups is 1. The van der Waals surface area contributed by atoms with Crippen molar-refractivity contribution in [2.45, 2.75) is 6.17 Å². The highest BCUT2D eigenvalue weighted by Gasteiger charge is 2.07.